The number of carbonyl (C=O) groups is 1. The molecule has 5 heteroatoms. The van der Waals surface area contributed by atoms with Crippen molar-refractivity contribution < 1.29 is 4.79 Å². The number of aryl methyl sites for hydroxylation is 2. The van der Waals surface area contributed by atoms with Gasteiger partial charge < -0.3 is 9.88 Å². The molecule has 0 atom stereocenters. The number of hydrogen-bond acceptors (Lipinski definition) is 3. The lowest BCUT2D eigenvalue weighted by Crippen LogP contribution is -2.36. The molecule has 0 spiro atoms. The molecule has 104 valence electrons. The largest absolute Gasteiger partial charge is 0.310 e. The summed E-state index contributed by atoms with van der Waals surface area (Å²) in [5.41, 5.74) is 0.917. The van der Waals surface area contributed by atoms with Gasteiger partial charge in [0, 0.05) is 12.2 Å². The Hall–Kier alpha value is -2.43. The molecular formula is C15H17N3O2. The Morgan fingerprint density at radius 2 is 1.90 bits per heavy atom. The number of anilines is 1. The average Bonchev–Trinajstić information content (AvgIpc) is 2.39. The van der Waals surface area contributed by atoms with Crippen LogP contribution < -0.4 is 10.5 Å². The molecule has 1 N–H and O–H groups in total. The molecule has 0 unspecified atom stereocenters. The summed E-state index contributed by atoms with van der Waals surface area (Å²) in [6.45, 7) is 5.72. The first-order valence-corrected chi connectivity index (χ1v) is 6.49. The number of amides is 1. The minimum atomic E-state index is -0.394. The van der Waals surface area contributed by atoms with Crippen LogP contribution in [0.1, 0.15) is 28.8 Å². The zero-order chi connectivity index (χ0) is 14.7. The zero-order valence-corrected chi connectivity index (χ0v) is 11.8. The highest BCUT2D eigenvalue weighted by atomic mass is 16.2. The molecule has 1 aromatic heterocycles. The predicted molar refractivity (Wildman–Crippen MR) is 78.1 cm³/mol. The summed E-state index contributed by atoms with van der Waals surface area (Å²) in [6, 6.07) is 9.28. The van der Waals surface area contributed by atoms with Crippen LogP contribution in [-0.4, -0.2) is 22.4 Å². The Morgan fingerprint density at radius 3 is 2.45 bits per heavy atom. The summed E-state index contributed by atoms with van der Waals surface area (Å²) in [5, 5.41) is 0. The lowest BCUT2D eigenvalue weighted by molar-refractivity contribution is 0.0985. The molecule has 0 aliphatic heterocycles. The van der Waals surface area contributed by atoms with E-state index >= 15 is 0 Å². The normalized spacial score (nSPS) is 10.3. The Bertz CT molecular complexity index is 677. The standard InChI is InChI=1S/C15H17N3O2/c1-4-18(12-8-6-5-7-9-12)15(20)13-10(2)16-11(3)17-14(13)19/h5-9H,4H2,1-3H3,(H,16,17,19). The van der Waals surface area contributed by atoms with Gasteiger partial charge in [0.05, 0.1) is 5.69 Å². The first kappa shape index (κ1) is 14.0. The van der Waals surface area contributed by atoms with Crippen molar-refractivity contribution in [1.82, 2.24) is 9.97 Å². The Balaban J connectivity index is 2.48. The highest BCUT2D eigenvalue weighted by molar-refractivity contribution is 6.06. The SMILES string of the molecule is CCN(C(=O)c1c(C)nc(C)[nH]c1=O)c1ccccc1. The van der Waals surface area contributed by atoms with E-state index in [0.717, 1.165) is 5.69 Å². The minimum absolute atomic E-state index is 0.0984. The van der Waals surface area contributed by atoms with E-state index in [0.29, 0.717) is 18.1 Å². The van der Waals surface area contributed by atoms with E-state index in [2.05, 4.69) is 9.97 Å². The van der Waals surface area contributed by atoms with E-state index in [-0.39, 0.29) is 11.5 Å². The van der Waals surface area contributed by atoms with Crippen LogP contribution in [0.25, 0.3) is 0 Å². The molecule has 1 heterocycles. The van der Waals surface area contributed by atoms with E-state index in [9.17, 15) is 9.59 Å². The summed E-state index contributed by atoms with van der Waals surface area (Å²) in [4.78, 5) is 32.9. The molecule has 20 heavy (non-hydrogen) atoms. The summed E-state index contributed by atoms with van der Waals surface area (Å²) in [5.74, 6) is 0.178. The van der Waals surface area contributed by atoms with Gasteiger partial charge in [0.2, 0.25) is 0 Å². The van der Waals surface area contributed by atoms with Gasteiger partial charge in [0.1, 0.15) is 11.4 Å². The lowest BCUT2D eigenvalue weighted by atomic mass is 10.2. The Kier molecular flexibility index (Phi) is 3.98. The van der Waals surface area contributed by atoms with Crippen LogP contribution in [0.3, 0.4) is 0 Å². The van der Waals surface area contributed by atoms with Crippen LogP contribution in [-0.2, 0) is 0 Å². The van der Waals surface area contributed by atoms with Crippen LogP contribution in [0.15, 0.2) is 35.1 Å². The number of nitrogens with one attached hydrogen (secondary N) is 1. The van der Waals surface area contributed by atoms with Crippen molar-refractivity contribution in [2.24, 2.45) is 0 Å². The van der Waals surface area contributed by atoms with Gasteiger partial charge in [0.15, 0.2) is 0 Å². The van der Waals surface area contributed by atoms with Crippen LogP contribution >= 0.6 is 0 Å². The second-order valence-corrected chi connectivity index (χ2v) is 4.50. The maximum Gasteiger partial charge on any atom is 0.265 e. The van der Waals surface area contributed by atoms with Gasteiger partial charge in [0.25, 0.3) is 11.5 Å². The van der Waals surface area contributed by atoms with Gasteiger partial charge in [-0.3, -0.25) is 9.59 Å². The van der Waals surface area contributed by atoms with Crippen molar-refractivity contribution in [3.8, 4) is 0 Å². The van der Waals surface area contributed by atoms with Gasteiger partial charge in [-0.15, -0.1) is 0 Å². The molecule has 0 saturated carbocycles. The number of H-pyrrole nitrogens is 1. The third-order valence-electron chi connectivity index (χ3n) is 3.06. The van der Waals surface area contributed by atoms with Gasteiger partial charge in [-0.25, -0.2) is 4.98 Å². The highest BCUT2D eigenvalue weighted by Crippen LogP contribution is 2.16. The van der Waals surface area contributed by atoms with Crippen molar-refractivity contribution >= 4 is 11.6 Å². The minimum Gasteiger partial charge on any atom is -0.310 e. The first-order chi connectivity index (χ1) is 9.54. The zero-order valence-electron chi connectivity index (χ0n) is 11.8. The van der Waals surface area contributed by atoms with Crippen LogP contribution in [0, 0.1) is 13.8 Å². The number of rotatable bonds is 3. The summed E-state index contributed by atoms with van der Waals surface area (Å²) in [6.07, 6.45) is 0. The highest BCUT2D eigenvalue weighted by Gasteiger charge is 2.22. The fraction of sp³-hybridized carbons (Fsp3) is 0.267. The van der Waals surface area contributed by atoms with E-state index in [1.165, 1.54) is 0 Å². The number of aromatic amines is 1. The lowest BCUT2D eigenvalue weighted by Gasteiger charge is -2.21. The maximum atomic E-state index is 12.6. The molecule has 0 bridgehead atoms. The van der Waals surface area contributed by atoms with Crippen molar-refractivity contribution in [2.75, 3.05) is 11.4 Å². The molecule has 1 amide bonds. The van der Waals surface area contributed by atoms with Crippen molar-refractivity contribution in [3.63, 3.8) is 0 Å². The number of aromatic nitrogens is 2. The van der Waals surface area contributed by atoms with E-state index < -0.39 is 5.56 Å². The molecule has 0 aliphatic rings. The average molecular weight is 271 g/mol. The summed E-state index contributed by atoms with van der Waals surface area (Å²) >= 11 is 0. The van der Waals surface area contributed by atoms with Crippen molar-refractivity contribution in [1.29, 1.82) is 0 Å². The quantitative estimate of drug-likeness (QED) is 0.929. The smallest absolute Gasteiger partial charge is 0.265 e. The van der Waals surface area contributed by atoms with Gasteiger partial charge in [-0.1, -0.05) is 18.2 Å². The third kappa shape index (κ3) is 2.61. The molecular weight excluding hydrogens is 254 g/mol. The van der Waals surface area contributed by atoms with E-state index in [1.54, 1.807) is 18.7 Å². The molecule has 0 radical (unpaired) electrons. The summed E-state index contributed by atoms with van der Waals surface area (Å²) in [7, 11) is 0. The monoisotopic (exact) mass is 271 g/mol. The van der Waals surface area contributed by atoms with Gasteiger partial charge in [-0.2, -0.15) is 0 Å². The molecule has 0 fully saturated rings. The molecule has 5 nitrogen and oxygen atoms in total. The molecule has 0 aliphatic carbocycles. The second kappa shape index (κ2) is 5.69. The number of hydrogen-bond donors (Lipinski definition) is 1. The molecule has 2 aromatic rings. The fourth-order valence-electron chi connectivity index (χ4n) is 2.16. The van der Waals surface area contributed by atoms with Crippen LogP contribution in [0.5, 0.6) is 0 Å². The predicted octanol–water partition coefficient (Wildman–Crippen LogP) is 2.05. The fourth-order valence-corrected chi connectivity index (χ4v) is 2.16. The summed E-state index contributed by atoms with van der Waals surface area (Å²) < 4.78 is 0. The van der Waals surface area contributed by atoms with E-state index in [1.807, 2.05) is 37.3 Å². The van der Waals surface area contributed by atoms with Gasteiger partial charge >= 0.3 is 0 Å². The maximum absolute atomic E-state index is 12.6. The van der Waals surface area contributed by atoms with Crippen LogP contribution in [0.4, 0.5) is 5.69 Å². The first-order valence-electron chi connectivity index (χ1n) is 6.49. The van der Waals surface area contributed by atoms with Crippen molar-refractivity contribution in [3.05, 3.63) is 57.8 Å². The molecule has 1 aromatic carbocycles. The Labute approximate surface area is 117 Å². The number of carbonyl (C=O) groups excluding carboxylic acids is 1. The number of para-hydroxylation sites is 1. The second-order valence-electron chi connectivity index (χ2n) is 4.50. The van der Waals surface area contributed by atoms with Crippen LogP contribution in [0.2, 0.25) is 0 Å². The molecule has 2 rings (SSSR count). The topological polar surface area (TPSA) is 66.1 Å². The van der Waals surface area contributed by atoms with Gasteiger partial charge in [-0.05, 0) is 32.9 Å². The van der Waals surface area contributed by atoms with E-state index in [4.69, 9.17) is 0 Å². The number of benzene rings is 1. The molecule has 0 saturated heterocycles. The third-order valence-corrected chi connectivity index (χ3v) is 3.06. The Morgan fingerprint density at radius 1 is 1.25 bits per heavy atom. The van der Waals surface area contributed by atoms with Crippen molar-refractivity contribution in [2.45, 2.75) is 20.8 Å². The number of nitrogens with zero attached hydrogens (tertiary/aromatic N) is 2.